The molecule has 7 nitrogen and oxygen atoms in total. The number of sulfone groups is 1. The van der Waals surface area contributed by atoms with Crippen LogP contribution >= 0.6 is 0 Å². The molecule has 0 radical (unpaired) electrons. The van der Waals surface area contributed by atoms with E-state index in [-0.39, 0.29) is 5.54 Å². The van der Waals surface area contributed by atoms with E-state index in [0.29, 0.717) is 69.8 Å². The molecule has 0 unspecified atom stereocenters. The standard InChI is InChI=1S/C42H65N5O2S/c1-30(2)32-14-17-42(29-44-21-9-22-46-24-26-50(48,49)27-25-46)19-18-40(6)33(37(32)42)11-12-35-39(5)20-23-47(31-10-13-36(43-8)45-28-31)38(3,4)34(39)15-16-41(35,40)7/h10,13,28,32-35,37,44H,1,9,11-12,14-27,29H2,2-7H3/t32-,33+,34-,35+,37+,39-,40+,41+,42+/m0/s1. The average Bonchev–Trinajstić information content (AvgIpc) is 3.46. The van der Waals surface area contributed by atoms with E-state index in [0.717, 1.165) is 44.4 Å². The highest BCUT2D eigenvalue weighted by Crippen LogP contribution is 2.76. The minimum Gasteiger partial charge on any atom is -0.363 e. The third-order valence-corrected chi connectivity index (χ3v) is 18.4. The van der Waals surface area contributed by atoms with Crippen LogP contribution in [0, 0.1) is 57.8 Å². The van der Waals surface area contributed by atoms with Crippen LogP contribution in [0.15, 0.2) is 30.5 Å². The van der Waals surface area contributed by atoms with E-state index in [1.54, 1.807) is 0 Å². The first-order chi connectivity index (χ1) is 23.6. The summed E-state index contributed by atoms with van der Waals surface area (Å²) in [6.45, 7) is 33.0. The Morgan fingerprint density at radius 1 is 0.960 bits per heavy atom. The summed E-state index contributed by atoms with van der Waals surface area (Å²) in [7, 11) is -2.82. The van der Waals surface area contributed by atoms with Gasteiger partial charge in [-0.25, -0.2) is 8.42 Å². The van der Waals surface area contributed by atoms with E-state index in [2.05, 4.69) is 79.1 Å². The van der Waals surface area contributed by atoms with Crippen molar-refractivity contribution in [3.63, 3.8) is 0 Å². The Morgan fingerprint density at radius 3 is 2.40 bits per heavy atom. The molecule has 6 aliphatic rings. The lowest BCUT2D eigenvalue weighted by atomic mass is 9.33. The second-order valence-electron chi connectivity index (χ2n) is 19.1. The molecule has 4 saturated carbocycles. The molecular formula is C42H65N5O2S. The smallest absolute Gasteiger partial charge is 0.269 e. The van der Waals surface area contributed by atoms with Crippen LogP contribution < -0.4 is 10.2 Å². The van der Waals surface area contributed by atoms with Gasteiger partial charge in [-0.15, -0.1) is 4.98 Å². The van der Waals surface area contributed by atoms with E-state index in [1.807, 2.05) is 12.3 Å². The highest BCUT2D eigenvalue weighted by atomic mass is 32.2. The van der Waals surface area contributed by atoms with Gasteiger partial charge in [-0.3, -0.25) is 0 Å². The van der Waals surface area contributed by atoms with Crippen molar-refractivity contribution in [3.8, 4) is 0 Å². The van der Waals surface area contributed by atoms with Gasteiger partial charge in [0.25, 0.3) is 5.82 Å². The number of fused-ring (bicyclic) bond motifs is 7. The number of nitrogens with one attached hydrogen (secondary N) is 1. The summed E-state index contributed by atoms with van der Waals surface area (Å²) in [4.78, 5) is 13.0. The molecule has 0 amide bonds. The number of piperidine rings is 1. The molecule has 0 aromatic carbocycles. The summed E-state index contributed by atoms with van der Waals surface area (Å²) in [5, 5.41) is 3.98. The van der Waals surface area contributed by atoms with E-state index in [1.165, 1.54) is 69.0 Å². The van der Waals surface area contributed by atoms with Gasteiger partial charge in [-0.2, -0.15) is 0 Å². The Kier molecular flexibility index (Phi) is 9.37. The molecule has 0 bridgehead atoms. The highest BCUT2D eigenvalue weighted by molar-refractivity contribution is 7.91. The fourth-order valence-corrected chi connectivity index (χ4v) is 15.4. The topological polar surface area (TPSA) is 69.9 Å². The molecule has 1 N–H and O–H groups in total. The number of hydrogen-bond donors (Lipinski definition) is 1. The zero-order valence-corrected chi connectivity index (χ0v) is 32.9. The SMILES string of the molecule is [C-]#[N+]c1ccc(N2CC[C@]3(C)[C@H]4CC[C@@H]5[C@H]6[C@H](C(=C)C)CC[C@]6(CNCCCN6CCS(=O)(=O)CC6)CC[C@@]5(C)[C@]4(C)CC[C@H]3C2(C)C)cn1. The summed E-state index contributed by atoms with van der Waals surface area (Å²) in [6.07, 6.45) is 14.9. The van der Waals surface area contributed by atoms with E-state index in [4.69, 9.17) is 6.57 Å². The Morgan fingerprint density at radius 2 is 1.72 bits per heavy atom. The molecule has 7 rings (SSSR count). The summed E-state index contributed by atoms with van der Waals surface area (Å²) in [5.41, 5.74) is 3.96. The van der Waals surface area contributed by atoms with Gasteiger partial charge in [0.2, 0.25) is 0 Å². The third-order valence-electron chi connectivity index (χ3n) is 16.8. The fraction of sp³-hybridized carbons (Fsp3) is 0.810. The third kappa shape index (κ3) is 5.70. The normalized spacial score (nSPS) is 42.0. The second-order valence-corrected chi connectivity index (χ2v) is 21.4. The van der Waals surface area contributed by atoms with Crippen molar-refractivity contribution in [1.29, 1.82) is 0 Å². The van der Waals surface area contributed by atoms with Gasteiger partial charge in [-0.05, 0) is 161 Å². The van der Waals surface area contributed by atoms with Crippen molar-refractivity contribution in [2.24, 2.45) is 51.2 Å². The highest BCUT2D eigenvalue weighted by Gasteiger charge is 2.70. The maximum Gasteiger partial charge on any atom is 0.269 e. The molecule has 2 saturated heterocycles. The van der Waals surface area contributed by atoms with Crippen LogP contribution in [-0.4, -0.2) is 74.6 Å². The minimum absolute atomic E-state index is 0.0307. The maximum absolute atomic E-state index is 11.9. The van der Waals surface area contributed by atoms with Gasteiger partial charge >= 0.3 is 0 Å². The van der Waals surface area contributed by atoms with Crippen LogP contribution in [0.25, 0.3) is 4.85 Å². The van der Waals surface area contributed by atoms with E-state index >= 15 is 0 Å². The van der Waals surface area contributed by atoms with Crippen LogP contribution in [0.1, 0.15) is 106 Å². The quantitative estimate of drug-likeness (QED) is 0.167. The van der Waals surface area contributed by atoms with Crippen molar-refractivity contribution in [2.45, 2.75) is 111 Å². The number of pyridine rings is 1. The van der Waals surface area contributed by atoms with Gasteiger partial charge in [0, 0.05) is 31.7 Å². The first-order valence-electron chi connectivity index (χ1n) is 20.0. The van der Waals surface area contributed by atoms with E-state index < -0.39 is 9.84 Å². The zero-order valence-electron chi connectivity index (χ0n) is 32.1. The molecule has 9 atom stereocenters. The van der Waals surface area contributed by atoms with Crippen molar-refractivity contribution in [1.82, 2.24) is 15.2 Å². The van der Waals surface area contributed by atoms with Crippen LogP contribution in [0.3, 0.4) is 0 Å². The van der Waals surface area contributed by atoms with Gasteiger partial charge in [0.05, 0.1) is 17.2 Å². The summed E-state index contributed by atoms with van der Waals surface area (Å²) < 4.78 is 23.7. The average molecular weight is 704 g/mol. The second kappa shape index (κ2) is 12.9. The van der Waals surface area contributed by atoms with Crippen LogP contribution in [0.2, 0.25) is 0 Å². The Labute approximate surface area is 304 Å². The molecule has 2 aliphatic heterocycles. The molecule has 3 heterocycles. The molecule has 1 aromatic heterocycles. The number of allylic oxidation sites excluding steroid dienone is 1. The van der Waals surface area contributed by atoms with Crippen LogP contribution in [0.4, 0.5) is 11.5 Å². The maximum atomic E-state index is 11.9. The van der Waals surface area contributed by atoms with Crippen LogP contribution in [-0.2, 0) is 9.84 Å². The lowest BCUT2D eigenvalue weighted by Gasteiger charge is -2.73. The lowest BCUT2D eigenvalue weighted by Crippen LogP contribution is -2.70. The molecule has 8 heteroatoms. The van der Waals surface area contributed by atoms with Gasteiger partial charge < -0.3 is 20.0 Å². The van der Waals surface area contributed by atoms with Crippen molar-refractivity contribution in [2.75, 3.05) is 55.7 Å². The predicted octanol–water partition coefficient (Wildman–Crippen LogP) is 8.17. The molecule has 50 heavy (non-hydrogen) atoms. The van der Waals surface area contributed by atoms with Crippen molar-refractivity contribution >= 4 is 21.3 Å². The Balaban J connectivity index is 1.08. The molecule has 4 aliphatic carbocycles. The first-order valence-corrected chi connectivity index (χ1v) is 21.8. The molecule has 0 spiro atoms. The first kappa shape index (κ1) is 36.4. The Bertz CT molecular complexity index is 1590. The minimum atomic E-state index is -2.82. The van der Waals surface area contributed by atoms with Crippen molar-refractivity contribution < 1.29 is 8.42 Å². The monoisotopic (exact) mass is 703 g/mol. The van der Waals surface area contributed by atoms with Crippen molar-refractivity contribution in [3.05, 3.63) is 41.9 Å². The van der Waals surface area contributed by atoms with E-state index in [9.17, 15) is 8.42 Å². The molecule has 1 aromatic rings. The Hall–Kier alpha value is -1.95. The predicted molar refractivity (Wildman–Crippen MR) is 205 cm³/mol. The molecular weight excluding hydrogens is 639 g/mol. The molecule has 276 valence electrons. The van der Waals surface area contributed by atoms with Gasteiger partial charge in [0.15, 0.2) is 9.84 Å². The number of aromatic nitrogens is 1. The number of anilines is 1. The lowest BCUT2D eigenvalue weighted by molar-refractivity contribution is -0.227. The number of rotatable bonds is 8. The summed E-state index contributed by atoms with van der Waals surface area (Å²) in [6, 6.07) is 4.01. The number of hydrogen-bond acceptors (Lipinski definition) is 6. The molecule has 6 fully saturated rings. The number of nitrogens with zero attached hydrogens (tertiary/aromatic N) is 4. The zero-order chi connectivity index (χ0) is 35.7. The summed E-state index contributed by atoms with van der Waals surface area (Å²) >= 11 is 0. The fourth-order valence-electron chi connectivity index (χ4n) is 14.1. The van der Waals surface area contributed by atoms with Gasteiger partial charge in [-0.1, -0.05) is 39.5 Å². The van der Waals surface area contributed by atoms with Crippen LogP contribution in [0.5, 0.6) is 0 Å². The summed E-state index contributed by atoms with van der Waals surface area (Å²) in [5.74, 6) is 4.57. The largest absolute Gasteiger partial charge is 0.363 e. The van der Waals surface area contributed by atoms with Gasteiger partial charge in [0.1, 0.15) is 6.20 Å².